The van der Waals surface area contributed by atoms with E-state index in [9.17, 15) is 5.11 Å². The highest BCUT2D eigenvalue weighted by atomic mass is 32.1. The zero-order valence-corrected chi connectivity index (χ0v) is 8.40. The molecule has 0 saturated carbocycles. The van der Waals surface area contributed by atoms with Gasteiger partial charge in [0, 0.05) is 19.0 Å². The molecule has 0 aromatic heterocycles. The first kappa shape index (κ1) is 9.74. The number of likely N-dealkylation sites (tertiary alicyclic amines) is 1. The number of nitrogens with zero attached hydrogens (tertiary/aromatic N) is 1. The van der Waals surface area contributed by atoms with E-state index >= 15 is 0 Å². The van der Waals surface area contributed by atoms with Gasteiger partial charge >= 0.3 is 0 Å². The lowest BCUT2D eigenvalue weighted by atomic mass is 9.91. The summed E-state index contributed by atoms with van der Waals surface area (Å²) in [5, 5.41) is 10.2. The predicted molar refractivity (Wildman–Crippen MR) is 52.8 cm³/mol. The Labute approximate surface area is 78.5 Å². The molecule has 0 bridgehead atoms. The van der Waals surface area contributed by atoms with Gasteiger partial charge in [0.2, 0.25) is 0 Å². The molecule has 0 aromatic carbocycles. The lowest BCUT2D eigenvalue weighted by Crippen LogP contribution is -2.37. The van der Waals surface area contributed by atoms with E-state index in [0.29, 0.717) is 11.0 Å². The molecule has 3 nitrogen and oxygen atoms in total. The van der Waals surface area contributed by atoms with Gasteiger partial charge in [-0.2, -0.15) is 0 Å². The van der Waals surface area contributed by atoms with Gasteiger partial charge in [-0.05, 0) is 32.5 Å². The van der Waals surface area contributed by atoms with Gasteiger partial charge in [0.25, 0.3) is 0 Å². The number of hydrogen-bond acceptors (Lipinski definition) is 2. The summed E-state index contributed by atoms with van der Waals surface area (Å²) in [7, 11) is 0. The van der Waals surface area contributed by atoms with E-state index < -0.39 is 5.60 Å². The third kappa shape index (κ3) is 2.08. The van der Waals surface area contributed by atoms with Crippen molar-refractivity contribution in [3.05, 3.63) is 0 Å². The molecule has 1 heterocycles. The first-order valence-electron chi connectivity index (χ1n) is 4.18. The van der Waals surface area contributed by atoms with Crippen molar-refractivity contribution < 1.29 is 5.11 Å². The smallest absolute Gasteiger partial charge is 0.166 e. The summed E-state index contributed by atoms with van der Waals surface area (Å²) in [6.07, 6.45) is 0.973. The first-order chi connectivity index (χ1) is 5.41. The molecule has 0 spiro atoms. The normalized spacial score (nSPS) is 24.6. The summed E-state index contributed by atoms with van der Waals surface area (Å²) in [4.78, 5) is 1.94. The molecule has 0 amide bonds. The Morgan fingerprint density at radius 2 is 2.25 bits per heavy atom. The quantitative estimate of drug-likeness (QED) is 0.582. The maximum atomic E-state index is 9.71. The molecule has 1 aliphatic rings. The molecule has 70 valence electrons. The number of hydrogen-bond donors (Lipinski definition) is 2. The fourth-order valence-corrected chi connectivity index (χ4v) is 1.70. The maximum absolute atomic E-state index is 9.71. The molecule has 0 unspecified atom stereocenters. The highest BCUT2D eigenvalue weighted by molar-refractivity contribution is 7.80. The van der Waals surface area contributed by atoms with Gasteiger partial charge in [-0.1, -0.05) is 0 Å². The Kier molecular flexibility index (Phi) is 2.58. The average molecular weight is 188 g/mol. The molecule has 0 aromatic rings. The molecule has 1 rings (SSSR count). The summed E-state index contributed by atoms with van der Waals surface area (Å²) in [6.45, 7) is 5.34. The van der Waals surface area contributed by atoms with Crippen LogP contribution in [0.25, 0.3) is 0 Å². The Hall–Kier alpha value is -0.350. The molecule has 12 heavy (non-hydrogen) atoms. The largest absolute Gasteiger partial charge is 0.390 e. The van der Waals surface area contributed by atoms with Gasteiger partial charge in [-0.15, -0.1) is 0 Å². The molecule has 0 aliphatic carbocycles. The van der Waals surface area contributed by atoms with E-state index in [0.717, 1.165) is 19.5 Å². The van der Waals surface area contributed by atoms with Crippen molar-refractivity contribution in [3.8, 4) is 0 Å². The van der Waals surface area contributed by atoms with Crippen LogP contribution in [0.15, 0.2) is 0 Å². The molecule has 3 N–H and O–H groups in total. The van der Waals surface area contributed by atoms with Crippen molar-refractivity contribution in [3.63, 3.8) is 0 Å². The van der Waals surface area contributed by atoms with Crippen LogP contribution < -0.4 is 5.73 Å². The van der Waals surface area contributed by atoms with Gasteiger partial charge < -0.3 is 15.7 Å². The van der Waals surface area contributed by atoms with Crippen LogP contribution >= 0.6 is 12.2 Å². The van der Waals surface area contributed by atoms with Crippen molar-refractivity contribution in [1.82, 2.24) is 4.90 Å². The number of aliphatic hydroxyl groups is 1. The van der Waals surface area contributed by atoms with E-state index in [1.54, 1.807) is 0 Å². The van der Waals surface area contributed by atoms with Gasteiger partial charge in [0.15, 0.2) is 5.11 Å². The summed E-state index contributed by atoms with van der Waals surface area (Å²) in [6, 6.07) is 0. The molecule has 4 heteroatoms. The van der Waals surface area contributed by atoms with Crippen LogP contribution in [0.2, 0.25) is 0 Å². The van der Waals surface area contributed by atoms with Crippen molar-refractivity contribution in [2.24, 2.45) is 11.7 Å². The molecule has 1 aliphatic heterocycles. The minimum Gasteiger partial charge on any atom is -0.390 e. The Morgan fingerprint density at radius 1 is 1.67 bits per heavy atom. The highest BCUT2D eigenvalue weighted by Crippen LogP contribution is 2.26. The molecule has 1 fully saturated rings. The standard InChI is InChI=1S/C8H16N2OS/c1-8(2,11)6-3-4-10(5-6)7(9)12/h6,11H,3-5H2,1-2H3,(H2,9,12)/t6-/m0/s1. The van der Waals surface area contributed by atoms with Crippen LogP contribution in [0.5, 0.6) is 0 Å². The summed E-state index contributed by atoms with van der Waals surface area (Å²) in [5.41, 5.74) is 4.87. The van der Waals surface area contributed by atoms with Crippen molar-refractivity contribution in [2.75, 3.05) is 13.1 Å². The second-order valence-electron chi connectivity index (χ2n) is 3.92. The first-order valence-corrected chi connectivity index (χ1v) is 4.59. The van der Waals surface area contributed by atoms with E-state index in [-0.39, 0.29) is 0 Å². The zero-order valence-electron chi connectivity index (χ0n) is 7.58. The summed E-state index contributed by atoms with van der Waals surface area (Å²) >= 11 is 4.85. The van der Waals surface area contributed by atoms with Crippen LogP contribution in [0.1, 0.15) is 20.3 Å². The van der Waals surface area contributed by atoms with Gasteiger partial charge in [-0.25, -0.2) is 0 Å². The van der Waals surface area contributed by atoms with Gasteiger partial charge in [0.05, 0.1) is 5.60 Å². The van der Waals surface area contributed by atoms with Gasteiger partial charge in [-0.3, -0.25) is 0 Å². The van der Waals surface area contributed by atoms with E-state index in [1.807, 2.05) is 18.7 Å². The third-order valence-electron chi connectivity index (χ3n) is 2.50. The summed E-state index contributed by atoms with van der Waals surface area (Å²) < 4.78 is 0. The molecular weight excluding hydrogens is 172 g/mol. The molecule has 0 radical (unpaired) electrons. The zero-order chi connectivity index (χ0) is 9.35. The number of thiocarbonyl (C=S) groups is 1. The Bertz CT molecular complexity index is 188. The maximum Gasteiger partial charge on any atom is 0.166 e. The van der Waals surface area contributed by atoms with Crippen LogP contribution in [0, 0.1) is 5.92 Å². The fraction of sp³-hybridized carbons (Fsp3) is 0.875. The SMILES string of the molecule is CC(C)(O)[C@H]1CCN(C(N)=S)C1. The second kappa shape index (κ2) is 3.18. The molecule has 1 saturated heterocycles. The minimum absolute atomic E-state index is 0.291. The van der Waals surface area contributed by atoms with Gasteiger partial charge in [0.1, 0.15) is 0 Å². The number of rotatable bonds is 1. The van der Waals surface area contributed by atoms with Crippen LogP contribution in [-0.2, 0) is 0 Å². The van der Waals surface area contributed by atoms with Crippen LogP contribution in [0.4, 0.5) is 0 Å². The lowest BCUT2D eigenvalue weighted by Gasteiger charge is -2.25. The van der Waals surface area contributed by atoms with E-state index in [4.69, 9.17) is 18.0 Å². The second-order valence-corrected chi connectivity index (χ2v) is 4.34. The fourth-order valence-electron chi connectivity index (χ4n) is 1.54. The monoisotopic (exact) mass is 188 g/mol. The number of nitrogens with two attached hydrogens (primary N) is 1. The van der Waals surface area contributed by atoms with Crippen LogP contribution in [0.3, 0.4) is 0 Å². The topological polar surface area (TPSA) is 49.5 Å². The molecular formula is C8H16N2OS. The van der Waals surface area contributed by atoms with Crippen LogP contribution in [-0.4, -0.2) is 33.8 Å². The minimum atomic E-state index is -0.612. The predicted octanol–water partition coefficient (Wildman–Crippen LogP) is 0.323. The van der Waals surface area contributed by atoms with Crippen molar-refractivity contribution >= 4 is 17.3 Å². The highest BCUT2D eigenvalue weighted by Gasteiger charge is 2.33. The third-order valence-corrected chi connectivity index (χ3v) is 2.76. The Balaban J connectivity index is 2.51. The van der Waals surface area contributed by atoms with Crippen molar-refractivity contribution in [2.45, 2.75) is 25.9 Å². The lowest BCUT2D eigenvalue weighted by molar-refractivity contribution is 0.0233. The Morgan fingerprint density at radius 3 is 2.50 bits per heavy atom. The van der Waals surface area contributed by atoms with E-state index in [2.05, 4.69) is 0 Å². The average Bonchev–Trinajstić information content (AvgIpc) is 2.30. The molecule has 1 atom stereocenters. The summed E-state index contributed by atoms with van der Waals surface area (Å²) in [5.74, 6) is 0.291. The van der Waals surface area contributed by atoms with Crippen molar-refractivity contribution in [1.29, 1.82) is 0 Å². The van der Waals surface area contributed by atoms with E-state index in [1.165, 1.54) is 0 Å².